The van der Waals surface area contributed by atoms with Gasteiger partial charge in [0.15, 0.2) is 13.1 Å². The first kappa shape index (κ1) is 20.1. The summed E-state index contributed by atoms with van der Waals surface area (Å²) in [6, 6.07) is 4.72. The molecule has 0 radical (unpaired) electrons. The molecule has 11 heteroatoms. The van der Waals surface area contributed by atoms with Crippen molar-refractivity contribution >= 4 is 52.0 Å². The van der Waals surface area contributed by atoms with E-state index in [2.05, 4.69) is 14.5 Å². The summed E-state index contributed by atoms with van der Waals surface area (Å²) in [5.41, 5.74) is 1.04. The van der Waals surface area contributed by atoms with Gasteiger partial charge in [-0.1, -0.05) is 17.7 Å². The highest BCUT2D eigenvalue weighted by Crippen LogP contribution is 2.26. The molecule has 2 aromatic rings. The molecule has 0 atom stereocenters. The van der Waals surface area contributed by atoms with Crippen molar-refractivity contribution in [1.29, 1.82) is 0 Å². The fourth-order valence-corrected chi connectivity index (χ4v) is 5.27. The summed E-state index contributed by atoms with van der Waals surface area (Å²) < 4.78 is 27.7. The molecule has 1 saturated heterocycles. The van der Waals surface area contributed by atoms with E-state index in [1.165, 1.54) is 6.07 Å². The van der Waals surface area contributed by atoms with Gasteiger partial charge in [-0.3, -0.25) is 9.52 Å². The van der Waals surface area contributed by atoms with Crippen LogP contribution in [-0.4, -0.2) is 63.2 Å². The lowest BCUT2D eigenvalue weighted by Crippen LogP contribution is -2.48. The topological polar surface area (TPSA) is 82.6 Å². The highest BCUT2D eigenvalue weighted by atomic mass is 35.5. The van der Waals surface area contributed by atoms with Crippen LogP contribution in [0.25, 0.3) is 0 Å². The number of aromatic nitrogens is 1. The molecule has 0 spiro atoms. The summed E-state index contributed by atoms with van der Waals surface area (Å²) in [7, 11) is -1.77. The van der Waals surface area contributed by atoms with Crippen LogP contribution < -0.4 is 4.72 Å². The van der Waals surface area contributed by atoms with E-state index < -0.39 is 10.0 Å². The zero-order valence-electron chi connectivity index (χ0n) is 15.1. The lowest BCUT2D eigenvalue weighted by atomic mass is 10.2. The molecule has 0 aliphatic carbocycles. The average molecular weight is 427 g/mol. The van der Waals surface area contributed by atoms with Gasteiger partial charge in [-0.05, 0) is 24.6 Å². The number of amides is 1. The minimum Gasteiger partial charge on any atom is -0.346 e. The minimum absolute atomic E-state index is 0.00786. The molecule has 0 unspecified atom stereocenters. The average Bonchev–Trinajstić information content (AvgIpc) is 3.03. The maximum absolute atomic E-state index is 12.6. The number of hydrogen-bond acceptors (Lipinski definition) is 6. The summed E-state index contributed by atoms with van der Waals surface area (Å²) in [6.07, 6.45) is 0.165. The van der Waals surface area contributed by atoms with Gasteiger partial charge in [0.2, 0.25) is 5.91 Å². The second kappa shape index (κ2) is 8.18. The van der Waals surface area contributed by atoms with Crippen molar-refractivity contribution in [3.63, 3.8) is 0 Å². The van der Waals surface area contributed by atoms with Crippen molar-refractivity contribution in [2.45, 2.75) is 18.2 Å². The molecule has 3 rings (SSSR count). The smallest absolute Gasteiger partial charge is 0.263 e. The summed E-state index contributed by atoms with van der Waals surface area (Å²) in [5, 5.41) is 2.32. The first-order valence-electron chi connectivity index (χ1n) is 8.45. The van der Waals surface area contributed by atoms with Crippen LogP contribution in [0.1, 0.15) is 11.3 Å². The first-order valence-corrected chi connectivity index (χ1v) is 11.2. The van der Waals surface area contributed by atoms with Gasteiger partial charge in [0.1, 0.15) is 0 Å². The van der Waals surface area contributed by atoms with Gasteiger partial charge >= 0.3 is 0 Å². The largest absolute Gasteiger partial charge is 0.346 e. The van der Waals surface area contributed by atoms with Gasteiger partial charge < -0.3 is 9.71 Å². The number of carbonyl (C=O) groups excluding carboxylic acids is 1. The Morgan fingerprint density at radius 1 is 1.33 bits per heavy atom. The van der Waals surface area contributed by atoms with Crippen LogP contribution in [0.15, 0.2) is 28.5 Å². The normalized spacial score (nSPS) is 15.7. The maximum Gasteiger partial charge on any atom is 0.263 e. The molecular weight excluding hydrogens is 407 g/mol. The van der Waals surface area contributed by atoms with E-state index in [0.29, 0.717) is 29.4 Å². The number of thiazole rings is 1. The molecular formula is C16H20BClN4O3S2. The van der Waals surface area contributed by atoms with E-state index in [1.807, 2.05) is 12.9 Å². The van der Waals surface area contributed by atoms with E-state index in [0.717, 1.165) is 24.4 Å². The number of halogens is 1. The van der Waals surface area contributed by atoms with Crippen molar-refractivity contribution in [1.82, 2.24) is 14.7 Å². The SMILES string of the molecule is BN1CCN(C(=O)Cc2csc(NS(=O)(=O)c3cccc(Cl)c3C)n2)CC1. The van der Waals surface area contributed by atoms with Crippen LogP contribution in [0.5, 0.6) is 0 Å². The highest BCUT2D eigenvalue weighted by molar-refractivity contribution is 7.93. The quantitative estimate of drug-likeness (QED) is 0.725. The predicted octanol–water partition coefficient (Wildman–Crippen LogP) is 1.14. The van der Waals surface area contributed by atoms with Gasteiger partial charge in [0.25, 0.3) is 10.0 Å². The maximum atomic E-state index is 12.6. The third-order valence-electron chi connectivity index (χ3n) is 4.47. The van der Waals surface area contributed by atoms with Crippen LogP contribution >= 0.6 is 22.9 Å². The Bertz CT molecular complexity index is 943. The van der Waals surface area contributed by atoms with Crippen LogP contribution in [0, 0.1) is 6.92 Å². The minimum atomic E-state index is -3.80. The molecule has 27 heavy (non-hydrogen) atoms. The molecule has 1 aliphatic heterocycles. The number of hydrogen-bond donors (Lipinski definition) is 1. The van der Waals surface area contributed by atoms with Crippen molar-refractivity contribution in [2.75, 3.05) is 30.9 Å². The predicted molar refractivity (Wildman–Crippen MR) is 110 cm³/mol. The molecule has 1 aromatic heterocycles. The van der Waals surface area contributed by atoms with E-state index in [9.17, 15) is 13.2 Å². The van der Waals surface area contributed by atoms with E-state index in [1.54, 1.807) is 24.4 Å². The van der Waals surface area contributed by atoms with Gasteiger partial charge in [-0.2, -0.15) is 0 Å². The van der Waals surface area contributed by atoms with E-state index in [-0.39, 0.29) is 22.4 Å². The molecule has 7 nitrogen and oxygen atoms in total. The van der Waals surface area contributed by atoms with Gasteiger partial charge in [0, 0.05) is 36.6 Å². The van der Waals surface area contributed by atoms with Crippen molar-refractivity contribution in [2.24, 2.45) is 0 Å². The lowest BCUT2D eigenvalue weighted by Gasteiger charge is -2.32. The van der Waals surface area contributed by atoms with Gasteiger partial charge in [0.05, 0.1) is 17.0 Å². The summed E-state index contributed by atoms with van der Waals surface area (Å²) in [5.74, 6) is 0.00786. The molecule has 144 valence electrons. The molecule has 0 bridgehead atoms. The van der Waals surface area contributed by atoms with E-state index in [4.69, 9.17) is 11.6 Å². The Labute approximate surface area is 168 Å². The summed E-state index contributed by atoms with van der Waals surface area (Å²) >= 11 is 7.17. The number of nitrogens with one attached hydrogen (secondary N) is 1. The van der Waals surface area contributed by atoms with Crippen LogP contribution in [-0.2, 0) is 21.2 Å². The van der Waals surface area contributed by atoms with Crippen LogP contribution in [0.2, 0.25) is 5.02 Å². The zero-order chi connectivity index (χ0) is 19.6. The molecule has 1 aliphatic rings. The third-order valence-corrected chi connectivity index (χ3v) is 7.30. The molecule has 1 N–H and O–H groups in total. The fraction of sp³-hybridized carbons (Fsp3) is 0.375. The van der Waals surface area contributed by atoms with Crippen molar-refractivity contribution in [3.05, 3.63) is 39.9 Å². The monoisotopic (exact) mass is 426 g/mol. The van der Waals surface area contributed by atoms with Crippen molar-refractivity contribution in [3.8, 4) is 0 Å². The summed E-state index contributed by atoms with van der Waals surface area (Å²) in [4.78, 5) is 20.8. The van der Waals surface area contributed by atoms with Crippen molar-refractivity contribution < 1.29 is 13.2 Å². The van der Waals surface area contributed by atoms with E-state index >= 15 is 0 Å². The van der Waals surface area contributed by atoms with Gasteiger partial charge in [-0.25, -0.2) is 13.4 Å². The number of nitrogens with zero attached hydrogens (tertiary/aromatic N) is 3. The molecule has 2 heterocycles. The number of anilines is 1. The Kier molecular flexibility index (Phi) is 6.10. The number of benzene rings is 1. The first-order chi connectivity index (χ1) is 12.8. The fourth-order valence-electron chi connectivity index (χ4n) is 2.81. The van der Waals surface area contributed by atoms with Crippen LogP contribution in [0.3, 0.4) is 0 Å². The Morgan fingerprint density at radius 3 is 2.74 bits per heavy atom. The molecule has 1 aromatic carbocycles. The number of piperazine rings is 1. The molecule has 0 saturated carbocycles. The Hall–Kier alpha value is -1.62. The molecule has 1 fully saturated rings. The van der Waals surface area contributed by atoms with Crippen LogP contribution in [0.4, 0.5) is 5.13 Å². The van der Waals surface area contributed by atoms with Gasteiger partial charge in [-0.15, -0.1) is 11.3 Å². The zero-order valence-corrected chi connectivity index (χ0v) is 17.5. The third kappa shape index (κ3) is 4.81. The number of carbonyl (C=O) groups is 1. The Morgan fingerprint density at radius 2 is 2.04 bits per heavy atom. The second-order valence-electron chi connectivity index (χ2n) is 6.47. The molecule has 1 amide bonds. The number of rotatable bonds is 5. The standard InChI is InChI=1S/C16H20BClN4O3S2/c1-11-13(18)3-2-4-14(11)27(24,25)20-16-19-12(10-26-16)9-15(23)21-5-7-22(17)8-6-21/h2-4,10H,5-9,17H2,1H3,(H,19,20). The lowest BCUT2D eigenvalue weighted by molar-refractivity contribution is -0.131. The Balaban J connectivity index is 1.67. The number of sulfonamides is 1. The highest BCUT2D eigenvalue weighted by Gasteiger charge is 2.22. The second-order valence-corrected chi connectivity index (χ2v) is 9.39. The summed E-state index contributed by atoms with van der Waals surface area (Å²) in [6.45, 7) is 4.76.